The van der Waals surface area contributed by atoms with Crippen molar-refractivity contribution in [2.75, 3.05) is 13.1 Å². The van der Waals surface area contributed by atoms with Gasteiger partial charge in [0.05, 0.1) is 5.60 Å². The summed E-state index contributed by atoms with van der Waals surface area (Å²) in [5, 5.41) is 10.9. The van der Waals surface area contributed by atoms with E-state index in [2.05, 4.69) is 46.8 Å². The Hall–Kier alpha value is -0.380. The fourth-order valence-electron chi connectivity index (χ4n) is 2.92. The van der Waals surface area contributed by atoms with Gasteiger partial charge in [0.25, 0.3) is 0 Å². The lowest BCUT2D eigenvalue weighted by Crippen LogP contribution is -2.35. The number of hydrogen-bond donors (Lipinski definition) is 1. The SMILES string of the molecule is CC(C)N1CCCC(O)(Cc2cccc(Br)c2)CC1. The van der Waals surface area contributed by atoms with Gasteiger partial charge in [-0.05, 0) is 57.4 Å². The molecule has 19 heavy (non-hydrogen) atoms. The highest BCUT2D eigenvalue weighted by molar-refractivity contribution is 9.10. The minimum Gasteiger partial charge on any atom is -0.389 e. The molecule has 1 heterocycles. The zero-order valence-corrected chi connectivity index (χ0v) is 13.5. The summed E-state index contributed by atoms with van der Waals surface area (Å²) in [6, 6.07) is 8.87. The van der Waals surface area contributed by atoms with Crippen LogP contribution in [0, 0.1) is 0 Å². The van der Waals surface area contributed by atoms with Gasteiger partial charge in [0.1, 0.15) is 0 Å². The Bertz CT molecular complexity index is 421. The zero-order valence-electron chi connectivity index (χ0n) is 11.9. The molecule has 0 aromatic heterocycles. The molecule has 0 spiro atoms. The third-order valence-electron chi connectivity index (χ3n) is 4.10. The van der Waals surface area contributed by atoms with E-state index in [9.17, 15) is 5.11 Å². The summed E-state index contributed by atoms with van der Waals surface area (Å²) in [6.07, 6.45) is 3.63. The van der Waals surface area contributed by atoms with Crippen LogP contribution in [0.15, 0.2) is 28.7 Å². The molecule has 106 valence electrons. The molecular weight excluding hydrogens is 302 g/mol. The van der Waals surface area contributed by atoms with E-state index in [-0.39, 0.29) is 0 Å². The molecule has 1 saturated heterocycles. The highest BCUT2D eigenvalue weighted by Gasteiger charge is 2.30. The van der Waals surface area contributed by atoms with Crippen LogP contribution < -0.4 is 0 Å². The smallest absolute Gasteiger partial charge is 0.0700 e. The minimum atomic E-state index is -0.537. The highest BCUT2D eigenvalue weighted by Crippen LogP contribution is 2.28. The van der Waals surface area contributed by atoms with E-state index in [1.807, 2.05) is 12.1 Å². The normalized spacial score (nSPS) is 25.5. The van der Waals surface area contributed by atoms with E-state index in [1.54, 1.807) is 0 Å². The fourth-order valence-corrected chi connectivity index (χ4v) is 3.37. The summed E-state index contributed by atoms with van der Waals surface area (Å²) in [5.41, 5.74) is 0.680. The number of likely N-dealkylation sites (tertiary alicyclic amines) is 1. The lowest BCUT2D eigenvalue weighted by atomic mass is 9.88. The van der Waals surface area contributed by atoms with E-state index < -0.39 is 5.60 Å². The summed E-state index contributed by atoms with van der Waals surface area (Å²) in [5.74, 6) is 0. The van der Waals surface area contributed by atoms with Crippen molar-refractivity contribution in [2.45, 2.75) is 51.2 Å². The predicted octanol–water partition coefficient (Wildman–Crippen LogP) is 3.62. The quantitative estimate of drug-likeness (QED) is 0.917. The maximum atomic E-state index is 10.9. The van der Waals surface area contributed by atoms with Crippen molar-refractivity contribution in [1.82, 2.24) is 4.90 Å². The molecule has 3 heteroatoms. The van der Waals surface area contributed by atoms with Gasteiger partial charge in [-0.25, -0.2) is 0 Å². The average molecular weight is 326 g/mol. The molecule has 1 aliphatic heterocycles. The van der Waals surface area contributed by atoms with E-state index in [4.69, 9.17) is 0 Å². The van der Waals surface area contributed by atoms with Crippen LogP contribution in [0.3, 0.4) is 0 Å². The average Bonchev–Trinajstić information content (AvgIpc) is 2.51. The van der Waals surface area contributed by atoms with Crippen molar-refractivity contribution < 1.29 is 5.11 Å². The molecule has 2 nitrogen and oxygen atoms in total. The van der Waals surface area contributed by atoms with Crippen LogP contribution in [0.4, 0.5) is 0 Å². The van der Waals surface area contributed by atoms with Gasteiger partial charge < -0.3 is 10.0 Å². The second-order valence-electron chi connectivity index (χ2n) is 6.01. The Morgan fingerprint density at radius 2 is 2.11 bits per heavy atom. The first-order valence-corrected chi connectivity index (χ1v) is 7.99. The Morgan fingerprint density at radius 1 is 1.32 bits per heavy atom. The zero-order chi connectivity index (χ0) is 13.9. The third kappa shape index (κ3) is 4.30. The molecular formula is C16H24BrNO. The van der Waals surface area contributed by atoms with E-state index in [1.165, 1.54) is 5.56 Å². The van der Waals surface area contributed by atoms with Gasteiger partial charge in [-0.15, -0.1) is 0 Å². The molecule has 0 saturated carbocycles. The molecule has 1 unspecified atom stereocenters. The summed E-state index contributed by atoms with van der Waals surface area (Å²) in [7, 11) is 0. The van der Waals surface area contributed by atoms with Crippen LogP contribution in [0.1, 0.15) is 38.7 Å². The first-order chi connectivity index (χ1) is 8.98. The molecule has 0 aliphatic carbocycles. The van der Waals surface area contributed by atoms with Crippen LogP contribution >= 0.6 is 15.9 Å². The Labute approximate surface area is 124 Å². The minimum absolute atomic E-state index is 0.537. The van der Waals surface area contributed by atoms with Crippen LogP contribution in [-0.4, -0.2) is 34.7 Å². The lowest BCUT2D eigenvalue weighted by molar-refractivity contribution is 0.0248. The lowest BCUT2D eigenvalue weighted by Gasteiger charge is -2.28. The highest BCUT2D eigenvalue weighted by atomic mass is 79.9. The van der Waals surface area contributed by atoms with Crippen LogP contribution in [-0.2, 0) is 6.42 Å². The fraction of sp³-hybridized carbons (Fsp3) is 0.625. The van der Waals surface area contributed by atoms with Crippen molar-refractivity contribution in [3.8, 4) is 0 Å². The first-order valence-electron chi connectivity index (χ1n) is 7.19. The third-order valence-corrected chi connectivity index (χ3v) is 4.60. The molecule has 1 fully saturated rings. The van der Waals surface area contributed by atoms with Crippen LogP contribution in [0.2, 0.25) is 0 Å². The van der Waals surface area contributed by atoms with Gasteiger partial charge in [-0.3, -0.25) is 0 Å². The predicted molar refractivity (Wildman–Crippen MR) is 83.4 cm³/mol. The number of nitrogens with zero attached hydrogens (tertiary/aromatic N) is 1. The van der Waals surface area contributed by atoms with Crippen molar-refractivity contribution in [3.63, 3.8) is 0 Å². The summed E-state index contributed by atoms with van der Waals surface area (Å²) >= 11 is 3.50. The molecule has 2 rings (SSSR count). The van der Waals surface area contributed by atoms with E-state index in [0.29, 0.717) is 6.04 Å². The van der Waals surface area contributed by atoms with Gasteiger partial charge in [-0.1, -0.05) is 28.1 Å². The summed E-state index contributed by atoms with van der Waals surface area (Å²) in [4.78, 5) is 2.47. The number of rotatable bonds is 3. The van der Waals surface area contributed by atoms with Gasteiger partial charge in [0.15, 0.2) is 0 Å². The number of benzene rings is 1. The Kier molecular flexibility index (Phi) is 5.04. The number of hydrogen-bond acceptors (Lipinski definition) is 2. The Balaban J connectivity index is 2.02. The summed E-state index contributed by atoms with van der Waals surface area (Å²) in [6.45, 7) is 6.58. The summed E-state index contributed by atoms with van der Waals surface area (Å²) < 4.78 is 1.09. The monoisotopic (exact) mass is 325 g/mol. The molecule has 0 amide bonds. The second kappa shape index (κ2) is 6.38. The van der Waals surface area contributed by atoms with E-state index in [0.717, 1.165) is 43.2 Å². The standard InChI is InChI=1S/C16H24BrNO/c1-13(2)18-9-4-7-16(19,8-10-18)12-14-5-3-6-15(17)11-14/h3,5-6,11,13,19H,4,7-10,12H2,1-2H3. The molecule has 1 atom stereocenters. The Morgan fingerprint density at radius 3 is 2.79 bits per heavy atom. The maximum Gasteiger partial charge on any atom is 0.0700 e. The van der Waals surface area contributed by atoms with Crippen LogP contribution in [0.5, 0.6) is 0 Å². The molecule has 1 aliphatic rings. The van der Waals surface area contributed by atoms with Gasteiger partial charge >= 0.3 is 0 Å². The molecule has 1 N–H and O–H groups in total. The second-order valence-corrected chi connectivity index (χ2v) is 6.93. The number of aliphatic hydroxyl groups is 1. The van der Waals surface area contributed by atoms with Crippen molar-refractivity contribution >= 4 is 15.9 Å². The molecule has 0 radical (unpaired) electrons. The van der Waals surface area contributed by atoms with Crippen LogP contribution in [0.25, 0.3) is 0 Å². The largest absolute Gasteiger partial charge is 0.389 e. The van der Waals surface area contributed by atoms with Gasteiger partial charge in [-0.2, -0.15) is 0 Å². The molecule has 0 bridgehead atoms. The van der Waals surface area contributed by atoms with Crippen molar-refractivity contribution in [3.05, 3.63) is 34.3 Å². The molecule has 1 aromatic rings. The van der Waals surface area contributed by atoms with Gasteiger partial charge in [0, 0.05) is 23.5 Å². The van der Waals surface area contributed by atoms with Crippen molar-refractivity contribution in [2.24, 2.45) is 0 Å². The first kappa shape index (κ1) is 15.0. The maximum absolute atomic E-state index is 10.9. The molecule has 1 aromatic carbocycles. The van der Waals surface area contributed by atoms with Gasteiger partial charge in [0.2, 0.25) is 0 Å². The number of halogens is 1. The van der Waals surface area contributed by atoms with Crippen molar-refractivity contribution in [1.29, 1.82) is 0 Å². The topological polar surface area (TPSA) is 23.5 Å². The van der Waals surface area contributed by atoms with E-state index >= 15 is 0 Å².